The first-order valence-electron chi connectivity index (χ1n) is 5.93. The van der Waals surface area contributed by atoms with E-state index in [-0.39, 0.29) is 11.9 Å². The van der Waals surface area contributed by atoms with E-state index in [2.05, 4.69) is 0 Å². The van der Waals surface area contributed by atoms with Gasteiger partial charge in [0.2, 0.25) is 0 Å². The second kappa shape index (κ2) is 6.42. The molecule has 0 spiro atoms. The Hall–Kier alpha value is -1.03. The van der Waals surface area contributed by atoms with Gasteiger partial charge in [0.05, 0.1) is 0 Å². The molecule has 0 aliphatic rings. The smallest absolute Gasteiger partial charge is 0.124 e. The Labute approximate surface area is 122 Å². The molecule has 0 aromatic heterocycles. The maximum Gasteiger partial charge on any atom is 0.124 e. The largest absolute Gasteiger partial charge is 0.324 e. The Kier molecular flexibility index (Phi) is 4.86. The number of halogens is 2. The fourth-order valence-corrected chi connectivity index (χ4v) is 2.55. The lowest BCUT2D eigenvalue weighted by molar-refractivity contribution is 0.625. The van der Waals surface area contributed by atoms with Gasteiger partial charge in [0.15, 0.2) is 0 Å². The molecule has 0 saturated heterocycles. The van der Waals surface area contributed by atoms with Gasteiger partial charge in [-0.05, 0) is 48.1 Å². The number of hydrogen-bond donors (Lipinski definition) is 1. The molecule has 0 heterocycles. The first-order chi connectivity index (χ1) is 9.10. The fraction of sp³-hybridized carbons (Fsp3) is 0.200. The molecule has 1 unspecified atom stereocenters. The molecule has 0 fully saturated rings. The average Bonchev–Trinajstić information content (AvgIpc) is 2.42. The predicted octanol–water partition coefficient (Wildman–Crippen LogP) is 4.44. The Morgan fingerprint density at radius 3 is 2.47 bits per heavy atom. The summed E-state index contributed by atoms with van der Waals surface area (Å²) in [6.07, 6.45) is 2.63. The van der Waals surface area contributed by atoms with Crippen LogP contribution in [-0.4, -0.2) is 6.26 Å². The summed E-state index contributed by atoms with van der Waals surface area (Å²) < 4.78 is 13.0. The van der Waals surface area contributed by atoms with Crippen LogP contribution < -0.4 is 5.73 Å². The fourth-order valence-electron chi connectivity index (χ4n) is 1.89. The molecule has 0 bridgehead atoms. The molecule has 1 atom stereocenters. The van der Waals surface area contributed by atoms with Crippen molar-refractivity contribution in [3.63, 3.8) is 0 Å². The van der Waals surface area contributed by atoms with Crippen molar-refractivity contribution < 1.29 is 4.39 Å². The molecule has 0 aliphatic carbocycles. The third-order valence-electron chi connectivity index (χ3n) is 3.00. The Balaban J connectivity index is 2.13. The molecule has 0 aliphatic heterocycles. The van der Waals surface area contributed by atoms with E-state index in [1.165, 1.54) is 17.0 Å². The van der Waals surface area contributed by atoms with Gasteiger partial charge in [-0.3, -0.25) is 0 Å². The van der Waals surface area contributed by atoms with Crippen molar-refractivity contribution in [3.8, 4) is 0 Å². The van der Waals surface area contributed by atoms with Crippen LogP contribution in [0.2, 0.25) is 5.02 Å². The van der Waals surface area contributed by atoms with Gasteiger partial charge in [-0.2, -0.15) is 0 Å². The topological polar surface area (TPSA) is 26.0 Å². The summed E-state index contributed by atoms with van der Waals surface area (Å²) in [5.74, 6) is -0.327. The first kappa shape index (κ1) is 14.4. The third kappa shape index (κ3) is 3.72. The Morgan fingerprint density at radius 1 is 1.21 bits per heavy atom. The highest BCUT2D eigenvalue weighted by atomic mass is 35.5. The lowest BCUT2D eigenvalue weighted by atomic mass is 10.00. The molecule has 0 saturated carbocycles. The van der Waals surface area contributed by atoms with Gasteiger partial charge in [-0.15, -0.1) is 11.8 Å². The monoisotopic (exact) mass is 295 g/mol. The summed E-state index contributed by atoms with van der Waals surface area (Å²) in [6, 6.07) is 12.4. The molecule has 2 aromatic rings. The van der Waals surface area contributed by atoms with Crippen LogP contribution in [0.15, 0.2) is 47.4 Å². The molecule has 2 rings (SSSR count). The standard InChI is InChI=1S/C15H15ClFNS/c1-19-13-6-3-10(4-7-13)15(18)8-11-2-5-12(17)9-14(11)16/h2-7,9,15H,8,18H2,1H3. The Bertz CT molecular complexity index is 557. The van der Waals surface area contributed by atoms with Gasteiger partial charge < -0.3 is 5.73 Å². The maximum absolute atomic E-state index is 13.0. The Morgan fingerprint density at radius 2 is 1.89 bits per heavy atom. The van der Waals surface area contributed by atoms with Crippen LogP contribution in [0.1, 0.15) is 17.2 Å². The van der Waals surface area contributed by atoms with Crippen molar-refractivity contribution in [2.24, 2.45) is 5.73 Å². The number of hydrogen-bond acceptors (Lipinski definition) is 2. The second-order valence-corrected chi connectivity index (χ2v) is 5.61. The van der Waals surface area contributed by atoms with Crippen LogP contribution in [0.4, 0.5) is 4.39 Å². The molecule has 2 aromatic carbocycles. The van der Waals surface area contributed by atoms with E-state index in [1.807, 2.05) is 30.5 Å². The van der Waals surface area contributed by atoms with Gasteiger partial charge in [0.1, 0.15) is 5.82 Å². The molecule has 2 N–H and O–H groups in total. The zero-order valence-electron chi connectivity index (χ0n) is 10.6. The highest BCUT2D eigenvalue weighted by Crippen LogP contribution is 2.24. The van der Waals surface area contributed by atoms with Crippen LogP contribution in [0.5, 0.6) is 0 Å². The van der Waals surface area contributed by atoms with Crippen LogP contribution in [0, 0.1) is 5.82 Å². The summed E-state index contributed by atoms with van der Waals surface area (Å²) in [5, 5.41) is 0.427. The molecule has 1 nitrogen and oxygen atoms in total. The minimum atomic E-state index is -0.327. The number of thioether (sulfide) groups is 1. The predicted molar refractivity (Wildman–Crippen MR) is 80.3 cm³/mol. The van der Waals surface area contributed by atoms with Crippen molar-refractivity contribution >= 4 is 23.4 Å². The lowest BCUT2D eigenvalue weighted by Crippen LogP contribution is -2.13. The highest BCUT2D eigenvalue weighted by Gasteiger charge is 2.10. The highest BCUT2D eigenvalue weighted by molar-refractivity contribution is 7.98. The minimum absolute atomic E-state index is 0.140. The second-order valence-electron chi connectivity index (χ2n) is 4.32. The van der Waals surface area contributed by atoms with Crippen LogP contribution in [0.3, 0.4) is 0 Å². The normalized spacial score (nSPS) is 12.4. The van der Waals surface area contributed by atoms with Crippen molar-refractivity contribution in [1.29, 1.82) is 0 Å². The zero-order chi connectivity index (χ0) is 13.8. The summed E-state index contributed by atoms with van der Waals surface area (Å²) in [5.41, 5.74) is 8.09. The molecule has 0 radical (unpaired) electrons. The van der Waals surface area contributed by atoms with E-state index in [1.54, 1.807) is 17.8 Å². The lowest BCUT2D eigenvalue weighted by Gasteiger charge is -2.13. The quantitative estimate of drug-likeness (QED) is 0.844. The summed E-state index contributed by atoms with van der Waals surface area (Å²) in [4.78, 5) is 1.20. The number of benzene rings is 2. The zero-order valence-corrected chi connectivity index (χ0v) is 12.1. The van der Waals surface area contributed by atoms with Crippen LogP contribution in [0.25, 0.3) is 0 Å². The van der Waals surface area contributed by atoms with E-state index in [0.29, 0.717) is 11.4 Å². The van der Waals surface area contributed by atoms with Crippen LogP contribution in [-0.2, 0) is 6.42 Å². The van der Waals surface area contributed by atoms with Crippen molar-refractivity contribution in [2.45, 2.75) is 17.4 Å². The third-order valence-corrected chi connectivity index (χ3v) is 4.09. The summed E-state index contributed by atoms with van der Waals surface area (Å²) in [7, 11) is 0. The van der Waals surface area contributed by atoms with Gasteiger partial charge in [-0.25, -0.2) is 4.39 Å². The summed E-state index contributed by atoms with van der Waals surface area (Å²) >= 11 is 7.70. The maximum atomic E-state index is 13.0. The van der Waals surface area contributed by atoms with E-state index < -0.39 is 0 Å². The first-order valence-corrected chi connectivity index (χ1v) is 7.54. The van der Waals surface area contributed by atoms with Crippen molar-refractivity contribution in [1.82, 2.24) is 0 Å². The average molecular weight is 296 g/mol. The van der Waals surface area contributed by atoms with Gasteiger partial charge in [0, 0.05) is 16.0 Å². The van der Waals surface area contributed by atoms with Crippen molar-refractivity contribution in [3.05, 3.63) is 64.4 Å². The molecule has 0 amide bonds. The molecule has 4 heteroatoms. The van der Waals surface area contributed by atoms with E-state index in [9.17, 15) is 4.39 Å². The SMILES string of the molecule is CSc1ccc(C(N)Cc2ccc(F)cc2Cl)cc1. The molecule has 100 valence electrons. The van der Waals surface area contributed by atoms with Crippen molar-refractivity contribution in [2.75, 3.05) is 6.26 Å². The van der Waals surface area contributed by atoms with Gasteiger partial charge >= 0.3 is 0 Å². The number of rotatable bonds is 4. The van der Waals surface area contributed by atoms with E-state index in [4.69, 9.17) is 17.3 Å². The van der Waals surface area contributed by atoms with Crippen LogP contribution >= 0.6 is 23.4 Å². The van der Waals surface area contributed by atoms with Gasteiger partial charge in [-0.1, -0.05) is 29.8 Å². The van der Waals surface area contributed by atoms with Gasteiger partial charge in [0.25, 0.3) is 0 Å². The number of nitrogens with two attached hydrogens (primary N) is 1. The summed E-state index contributed by atoms with van der Waals surface area (Å²) in [6.45, 7) is 0. The van der Waals surface area contributed by atoms with E-state index >= 15 is 0 Å². The molecular weight excluding hydrogens is 281 g/mol. The molecular formula is C15H15ClFNS. The molecule has 19 heavy (non-hydrogen) atoms. The van der Waals surface area contributed by atoms with E-state index in [0.717, 1.165) is 11.1 Å². The minimum Gasteiger partial charge on any atom is -0.324 e.